The predicted octanol–water partition coefficient (Wildman–Crippen LogP) is 1.04. The standard InChI is InChI=1S/C5H8O3.C3H9N.ClH/c1-4(6)2-3-5(7)8;1-4(2)3;/h2-3H2,1H3,(H,7,8);1-3H3;1H. The Kier molecular flexibility index (Phi) is 16.0. The minimum absolute atomic E-state index is 0. The largest absolute Gasteiger partial charge is 0.481 e. The monoisotopic (exact) mass is 211 g/mol. The summed E-state index contributed by atoms with van der Waals surface area (Å²) < 4.78 is 0. The molecule has 0 rings (SSSR count). The second-order valence-electron chi connectivity index (χ2n) is 2.94. The van der Waals surface area contributed by atoms with E-state index in [1.54, 1.807) is 0 Å². The number of carbonyl (C=O) groups is 2. The van der Waals surface area contributed by atoms with Gasteiger partial charge in [0.15, 0.2) is 0 Å². The summed E-state index contributed by atoms with van der Waals surface area (Å²) in [7, 11) is 6.00. The van der Waals surface area contributed by atoms with Gasteiger partial charge < -0.3 is 14.8 Å². The van der Waals surface area contributed by atoms with E-state index in [4.69, 9.17) is 5.11 Å². The van der Waals surface area contributed by atoms with Gasteiger partial charge in [0.25, 0.3) is 0 Å². The van der Waals surface area contributed by atoms with E-state index in [1.807, 2.05) is 26.0 Å². The van der Waals surface area contributed by atoms with Crippen molar-refractivity contribution in [3.63, 3.8) is 0 Å². The highest BCUT2D eigenvalue weighted by Gasteiger charge is 1.97. The number of hydrogen-bond donors (Lipinski definition) is 1. The molecule has 0 atom stereocenters. The molecule has 0 fully saturated rings. The second kappa shape index (κ2) is 11.4. The van der Waals surface area contributed by atoms with E-state index in [9.17, 15) is 9.59 Å². The average Bonchev–Trinajstić information content (AvgIpc) is 1.82. The lowest BCUT2D eigenvalue weighted by molar-refractivity contribution is -0.138. The van der Waals surface area contributed by atoms with Crippen LogP contribution in [-0.2, 0) is 9.59 Å². The zero-order valence-electron chi connectivity index (χ0n) is 8.53. The summed E-state index contributed by atoms with van der Waals surface area (Å²) in [4.78, 5) is 21.8. The molecule has 0 saturated carbocycles. The molecule has 0 aromatic rings. The van der Waals surface area contributed by atoms with Crippen LogP contribution in [0.25, 0.3) is 0 Å². The van der Waals surface area contributed by atoms with Crippen LogP contribution in [0.3, 0.4) is 0 Å². The van der Waals surface area contributed by atoms with Crippen molar-refractivity contribution in [1.82, 2.24) is 4.90 Å². The van der Waals surface area contributed by atoms with Crippen LogP contribution in [0.5, 0.6) is 0 Å². The Morgan fingerprint density at radius 1 is 1.15 bits per heavy atom. The zero-order valence-corrected chi connectivity index (χ0v) is 9.35. The van der Waals surface area contributed by atoms with Crippen LogP contribution < -0.4 is 0 Å². The third kappa shape index (κ3) is 52.1. The minimum Gasteiger partial charge on any atom is -0.481 e. The summed E-state index contributed by atoms with van der Waals surface area (Å²) in [5, 5.41) is 8.01. The van der Waals surface area contributed by atoms with Crippen molar-refractivity contribution in [2.45, 2.75) is 19.8 Å². The van der Waals surface area contributed by atoms with Gasteiger partial charge in [-0.2, -0.15) is 0 Å². The van der Waals surface area contributed by atoms with Crippen LogP contribution in [0.2, 0.25) is 0 Å². The topological polar surface area (TPSA) is 57.6 Å². The van der Waals surface area contributed by atoms with Crippen molar-refractivity contribution < 1.29 is 14.7 Å². The summed E-state index contributed by atoms with van der Waals surface area (Å²) in [6.07, 6.45) is 0.102. The number of ketones is 1. The molecule has 0 aliphatic carbocycles. The van der Waals surface area contributed by atoms with E-state index in [1.165, 1.54) is 6.92 Å². The normalized spacial score (nSPS) is 8.08. The number of carbonyl (C=O) groups excluding carboxylic acids is 1. The Hall–Kier alpha value is -0.610. The fourth-order valence-corrected chi connectivity index (χ4v) is 0.283. The Labute approximate surface area is 85.3 Å². The highest BCUT2D eigenvalue weighted by molar-refractivity contribution is 5.85. The Morgan fingerprint density at radius 2 is 1.46 bits per heavy atom. The lowest BCUT2D eigenvalue weighted by atomic mass is 10.2. The highest BCUT2D eigenvalue weighted by atomic mass is 35.5. The van der Waals surface area contributed by atoms with Crippen molar-refractivity contribution in [3.05, 3.63) is 0 Å². The van der Waals surface area contributed by atoms with Gasteiger partial charge in [-0.25, -0.2) is 0 Å². The second-order valence-corrected chi connectivity index (χ2v) is 2.94. The maximum atomic E-state index is 10.1. The number of nitrogens with zero attached hydrogens (tertiary/aromatic N) is 1. The van der Waals surface area contributed by atoms with Crippen LogP contribution in [0.4, 0.5) is 0 Å². The molecule has 0 amide bonds. The van der Waals surface area contributed by atoms with Gasteiger partial charge in [0.1, 0.15) is 5.78 Å². The molecule has 1 N–H and O–H groups in total. The molecule has 0 aromatic heterocycles. The van der Waals surface area contributed by atoms with Crippen molar-refractivity contribution in [2.24, 2.45) is 0 Å². The fourth-order valence-electron chi connectivity index (χ4n) is 0.283. The van der Waals surface area contributed by atoms with Gasteiger partial charge in [-0.3, -0.25) is 4.79 Å². The van der Waals surface area contributed by atoms with E-state index < -0.39 is 5.97 Å². The molecule has 5 heteroatoms. The third-order valence-electron chi connectivity index (χ3n) is 0.691. The quantitative estimate of drug-likeness (QED) is 0.758. The summed E-state index contributed by atoms with van der Waals surface area (Å²) in [5.74, 6) is -0.993. The molecule has 0 saturated heterocycles. The average molecular weight is 212 g/mol. The summed E-state index contributed by atoms with van der Waals surface area (Å²) in [6, 6.07) is 0. The molecular weight excluding hydrogens is 194 g/mol. The first-order valence-electron chi connectivity index (χ1n) is 3.68. The maximum Gasteiger partial charge on any atom is 0.303 e. The van der Waals surface area contributed by atoms with Crippen LogP contribution in [0.1, 0.15) is 19.8 Å². The first-order valence-corrected chi connectivity index (χ1v) is 3.68. The molecule has 0 aliphatic rings. The van der Waals surface area contributed by atoms with Crippen LogP contribution in [-0.4, -0.2) is 42.9 Å². The molecule has 80 valence electrons. The number of halogens is 1. The van der Waals surface area contributed by atoms with Gasteiger partial charge >= 0.3 is 5.97 Å². The smallest absolute Gasteiger partial charge is 0.303 e. The molecule has 0 aliphatic heterocycles. The first-order chi connectivity index (χ1) is 5.36. The molecule has 0 unspecified atom stereocenters. The van der Waals surface area contributed by atoms with Gasteiger partial charge in [-0.1, -0.05) is 0 Å². The molecule has 0 aromatic carbocycles. The van der Waals surface area contributed by atoms with E-state index in [0.29, 0.717) is 0 Å². The fraction of sp³-hybridized carbons (Fsp3) is 0.750. The van der Waals surface area contributed by atoms with Gasteiger partial charge in [-0.05, 0) is 28.1 Å². The van der Waals surface area contributed by atoms with Crippen molar-refractivity contribution in [1.29, 1.82) is 0 Å². The third-order valence-corrected chi connectivity index (χ3v) is 0.691. The van der Waals surface area contributed by atoms with Crippen molar-refractivity contribution >= 4 is 24.2 Å². The number of rotatable bonds is 3. The van der Waals surface area contributed by atoms with Crippen molar-refractivity contribution in [3.8, 4) is 0 Å². The molecule has 0 heterocycles. The summed E-state index contributed by atoms with van der Waals surface area (Å²) in [5.41, 5.74) is 0. The number of aliphatic carboxylic acids is 1. The number of Topliss-reactive ketones (excluding diaryl/α,β-unsaturated/α-hetero) is 1. The van der Waals surface area contributed by atoms with E-state index in [0.717, 1.165) is 0 Å². The molecule has 0 spiro atoms. The Bertz CT molecular complexity index is 132. The molecule has 13 heavy (non-hydrogen) atoms. The summed E-state index contributed by atoms with van der Waals surface area (Å²) >= 11 is 0. The van der Waals surface area contributed by atoms with Crippen LogP contribution >= 0.6 is 12.4 Å². The van der Waals surface area contributed by atoms with E-state index in [-0.39, 0.29) is 31.0 Å². The molecule has 4 nitrogen and oxygen atoms in total. The Balaban J connectivity index is -0.000000173. The number of carboxylic acid groups (broad SMARTS) is 1. The maximum absolute atomic E-state index is 10.1. The highest BCUT2D eigenvalue weighted by Crippen LogP contribution is 1.87. The van der Waals surface area contributed by atoms with Crippen molar-refractivity contribution in [2.75, 3.05) is 21.1 Å². The van der Waals surface area contributed by atoms with Gasteiger partial charge in [-0.15, -0.1) is 12.4 Å². The number of carboxylic acids is 1. The molecular formula is C8H18ClNO3. The van der Waals surface area contributed by atoms with Crippen LogP contribution in [0, 0.1) is 0 Å². The van der Waals surface area contributed by atoms with E-state index >= 15 is 0 Å². The Morgan fingerprint density at radius 3 is 1.54 bits per heavy atom. The first kappa shape index (κ1) is 18.2. The molecule has 0 bridgehead atoms. The zero-order chi connectivity index (χ0) is 10.1. The predicted molar refractivity (Wildman–Crippen MR) is 54.4 cm³/mol. The lowest BCUT2D eigenvalue weighted by Gasteiger charge is -1.90. The SMILES string of the molecule is CC(=O)CCC(=O)O.CN(C)C.Cl. The lowest BCUT2D eigenvalue weighted by Crippen LogP contribution is -1.99. The van der Waals surface area contributed by atoms with E-state index in [2.05, 4.69) is 0 Å². The van der Waals surface area contributed by atoms with Crippen LogP contribution in [0.15, 0.2) is 0 Å². The van der Waals surface area contributed by atoms with Gasteiger partial charge in [0.2, 0.25) is 0 Å². The minimum atomic E-state index is -0.916. The van der Waals surface area contributed by atoms with Gasteiger partial charge in [0, 0.05) is 6.42 Å². The van der Waals surface area contributed by atoms with Gasteiger partial charge in [0.05, 0.1) is 6.42 Å². The number of hydrogen-bond acceptors (Lipinski definition) is 3. The summed E-state index contributed by atoms with van der Waals surface area (Å²) in [6.45, 7) is 1.38. The molecule has 0 radical (unpaired) electrons.